The fourth-order valence-electron chi connectivity index (χ4n) is 1.83. The van der Waals surface area contributed by atoms with Crippen molar-refractivity contribution in [2.45, 2.75) is 6.92 Å². The quantitative estimate of drug-likeness (QED) is 0.505. The Hall–Kier alpha value is -2.89. The van der Waals surface area contributed by atoms with E-state index in [-0.39, 0.29) is 17.2 Å². The number of hydrogen-bond acceptors (Lipinski definition) is 4. The Morgan fingerprint density at radius 2 is 1.95 bits per heavy atom. The summed E-state index contributed by atoms with van der Waals surface area (Å²) in [6, 6.07) is 13.2. The smallest absolute Gasteiger partial charge is 0.270 e. The Balaban J connectivity index is 1.81. The molecular weight excluding hydrogens is 284 g/mol. The molecule has 0 heterocycles. The van der Waals surface area contributed by atoms with Gasteiger partial charge in [0.25, 0.3) is 11.6 Å². The Morgan fingerprint density at radius 3 is 2.64 bits per heavy atom. The number of nitro benzene ring substituents is 1. The number of non-ortho nitro benzene ring substituents is 1. The summed E-state index contributed by atoms with van der Waals surface area (Å²) in [6.45, 7) is 2.63. The number of carbonyl (C=O) groups is 1. The summed E-state index contributed by atoms with van der Waals surface area (Å²) in [5.41, 5.74) is 1.29. The number of nitrogens with one attached hydrogen (secondary N) is 1. The van der Waals surface area contributed by atoms with Crippen LogP contribution in [0.2, 0.25) is 0 Å². The lowest BCUT2D eigenvalue weighted by molar-refractivity contribution is -0.384. The number of amides is 1. The fourth-order valence-corrected chi connectivity index (χ4v) is 1.83. The summed E-state index contributed by atoms with van der Waals surface area (Å²) in [6.07, 6.45) is 0. The zero-order valence-electron chi connectivity index (χ0n) is 12.1. The number of benzene rings is 2. The van der Waals surface area contributed by atoms with E-state index in [0.717, 1.165) is 11.3 Å². The first kappa shape index (κ1) is 15.5. The minimum absolute atomic E-state index is 0.108. The molecule has 22 heavy (non-hydrogen) atoms. The van der Waals surface area contributed by atoms with Gasteiger partial charge in [-0.2, -0.15) is 0 Å². The van der Waals surface area contributed by atoms with Crippen LogP contribution in [0.1, 0.15) is 15.9 Å². The summed E-state index contributed by atoms with van der Waals surface area (Å²) < 4.78 is 5.49. The lowest BCUT2D eigenvalue weighted by Gasteiger charge is -2.08. The third-order valence-corrected chi connectivity index (χ3v) is 3.00. The molecule has 0 fully saturated rings. The Kier molecular flexibility index (Phi) is 5.08. The van der Waals surface area contributed by atoms with Gasteiger partial charge in [-0.15, -0.1) is 0 Å². The van der Waals surface area contributed by atoms with Crippen molar-refractivity contribution in [3.63, 3.8) is 0 Å². The molecule has 0 saturated heterocycles. The number of rotatable bonds is 6. The average molecular weight is 300 g/mol. The molecule has 0 aliphatic rings. The highest BCUT2D eigenvalue weighted by molar-refractivity contribution is 5.94. The van der Waals surface area contributed by atoms with Crippen molar-refractivity contribution in [3.8, 4) is 5.75 Å². The first-order valence-corrected chi connectivity index (χ1v) is 6.78. The standard InChI is InChI=1S/C16H16N2O4/c1-12-5-7-15(8-6-12)22-10-9-17-16(19)13-3-2-4-14(11-13)18(20)21/h2-8,11H,9-10H2,1H3,(H,17,19). The number of aryl methyl sites for hydroxylation is 1. The van der Waals surface area contributed by atoms with Crippen LogP contribution in [0.4, 0.5) is 5.69 Å². The van der Waals surface area contributed by atoms with Crippen molar-refractivity contribution in [1.29, 1.82) is 0 Å². The minimum atomic E-state index is -0.530. The van der Waals surface area contributed by atoms with Gasteiger partial charge in [-0.25, -0.2) is 0 Å². The molecule has 1 amide bonds. The Morgan fingerprint density at radius 1 is 1.23 bits per heavy atom. The van der Waals surface area contributed by atoms with Gasteiger partial charge >= 0.3 is 0 Å². The third kappa shape index (κ3) is 4.31. The van der Waals surface area contributed by atoms with Crippen molar-refractivity contribution in [1.82, 2.24) is 5.32 Å². The van der Waals surface area contributed by atoms with Crippen molar-refractivity contribution in [2.75, 3.05) is 13.2 Å². The molecule has 0 atom stereocenters. The van der Waals surface area contributed by atoms with E-state index in [1.54, 1.807) is 0 Å². The number of hydrogen-bond donors (Lipinski definition) is 1. The van der Waals surface area contributed by atoms with Crippen LogP contribution >= 0.6 is 0 Å². The van der Waals surface area contributed by atoms with Crippen LogP contribution < -0.4 is 10.1 Å². The third-order valence-electron chi connectivity index (χ3n) is 3.00. The van der Waals surface area contributed by atoms with Crippen molar-refractivity contribution >= 4 is 11.6 Å². The van der Waals surface area contributed by atoms with Gasteiger partial charge in [-0.1, -0.05) is 23.8 Å². The normalized spacial score (nSPS) is 10.0. The summed E-state index contributed by atoms with van der Waals surface area (Å²) in [4.78, 5) is 22.0. The van der Waals surface area contributed by atoms with E-state index in [9.17, 15) is 14.9 Å². The van der Waals surface area contributed by atoms with Crippen LogP contribution in [-0.4, -0.2) is 24.0 Å². The van der Waals surface area contributed by atoms with Crippen LogP contribution in [0.15, 0.2) is 48.5 Å². The highest BCUT2D eigenvalue weighted by Crippen LogP contribution is 2.13. The number of carbonyl (C=O) groups excluding carboxylic acids is 1. The Bertz CT molecular complexity index is 668. The van der Waals surface area contributed by atoms with Gasteiger partial charge < -0.3 is 10.1 Å². The average Bonchev–Trinajstić information content (AvgIpc) is 2.53. The number of nitrogens with zero attached hydrogens (tertiary/aromatic N) is 1. The molecule has 0 saturated carbocycles. The second-order valence-electron chi connectivity index (χ2n) is 4.72. The molecule has 6 heteroatoms. The largest absolute Gasteiger partial charge is 0.492 e. The molecule has 6 nitrogen and oxygen atoms in total. The predicted octanol–water partition coefficient (Wildman–Crippen LogP) is 2.71. The van der Waals surface area contributed by atoms with Crippen LogP contribution in [-0.2, 0) is 0 Å². The lowest BCUT2D eigenvalue weighted by Crippen LogP contribution is -2.28. The molecule has 0 spiro atoms. The first-order valence-electron chi connectivity index (χ1n) is 6.78. The van der Waals surface area contributed by atoms with Gasteiger partial charge in [0.15, 0.2) is 0 Å². The van der Waals surface area contributed by atoms with E-state index >= 15 is 0 Å². The first-order chi connectivity index (χ1) is 10.6. The molecule has 2 rings (SSSR count). The van der Waals surface area contributed by atoms with E-state index in [2.05, 4.69) is 5.32 Å². The fraction of sp³-hybridized carbons (Fsp3) is 0.188. The second-order valence-corrected chi connectivity index (χ2v) is 4.72. The zero-order chi connectivity index (χ0) is 15.9. The Labute approximate surface area is 127 Å². The van der Waals surface area contributed by atoms with E-state index < -0.39 is 4.92 Å². The molecule has 0 aliphatic carbocycles. The summed E-state index contributed by atoms with van der Waals surface area (Å²) in [5.74, 6) is 0.367. The van der Waals surface area contributed by atoms with Crippen LogP contribution in [0.3, 0.4) is 0 Å². The molecule has 0 bridgehead atoms. The van der Waals surface area contributed by atoms with Gasteiger partial charge in [0, 0.05) is 17.7 Å². The summed E-state index contributed by atoms with van der Waals surface area (Å²) in [5, 5.41) is 13.3. The van der Waals surface area contributed by atoms with Crippen LogP contribution in [0, 0.1) is 17.0 Å². The topological polar surface area (TPSA) is 81.5 Å². The molecule has 114 valence electrons. The maximum Gasteiger partial charge on any atom is 0.270 e. The lowest BCUT2D eigenvalue weighted by atomic mass is 10.2. The van der Waals surface area contributed by atoms with Gasteiger partial charge in [0.1, 0.15) is 12.4 Å². The molecule has 0 unspecified atom stereocenters. The maximum atomic E-state index is 11.9. The van der Waals surface area contributed by atoms with E-state index in [0.29, 0.717) is 13.2 Å². The number of nitro groups is 1. The van der Waals surface area contributed by atoms with E-state index in [4.69, 9.17) is 4.74 Å². The molecular formula is C16H16N2O4. The van der Waals surface area contributed by atoms with Gasteiger partial charge in [0.05, 0.1) is 11.5 Å². The van der Waals surface area contributed by atoms with Gasteiger partial charge in [0.2, 0.25) is 0 Å². The summed E-state index contributed by atoms with van der Waals surface area (Å²) >= 11 is 0. The second kappa shape index (κ2) is 7.21. The minimum Gasteiger partial charge on any atom is -0.492 e. The van der Waals surface area contributed by atoms with Crippen molar-refractivity contribution in [2.24, 2.45) is 0 Å². The van der Waals surface area contributed by atoms with E-state index in [1.807, 2.05) is 31.2 Å². The maximum absolute atomic E-state index is 11.9. The summed E-state index contributed by atoms with van der Waals surface area (Å²) in [7, 11) is 0. The zero-order valence-corrected chi connectivity index (χ0v) is 12.1. The van der Waals surface area contributed by atoms with Crippen LogP contribution in [0.5, 0.6) is 5.75 Å². The molecule has 0 radical (unpaired) electrons. The predicted molar refractivity (Wildman–Crippen MR) is 82.1 cm³/mol. The van der Waals surface area contributed by atoms with Crippen molar-refractivity contribution < 1.29 is 14.5 Å². The SMILES string of the molecule is Cc1ccc(OCCNC(=O)c2cccc([N+](=O)[O-])c2)cc1. The molecule has 0 aliphatic heterocycles. The van der Waals surface area contributed by atoms with Crippen LogP contribution in [0.25, 0.3) is 0 Å². The molecule has 1 N–H and O–H groups in total. The van der Waals surface area contributed by atoms with Gasteiger partial charge in [-0.05, 0) is 25.1 Å². The van der Waals surface area contributed by atoms with Crippen molar-refractivity contribution in [3.05, 3.63) is 69.8 Å². The molecule has 2 aromatic rings. The molecule has 2 aromatic carbocycles. The monoisotopic (exact) mass is 300 g/mol. The highest BCUT2D eigenvalue weighted by atomic mass is 16.6. The number of ether oxygens (including phenoxy) is 1. The van der Waals surface area contributed by atoms with Gasteiger partial charge in [-0.3, -0.25) is 14.9 Å². The van der Waals surface area contributed by atoms with E-state index in [1.165, 1.54) is 24.3 Å². The molecule has 0 aromatic heterocycles. The highest BCUT2D eigenvalue weighted by Gasteiger charge is 2.10.